The topological polar surface area (TPSA) is 89.9 Å². The summed E-state index contributed by atoms with van der Waals surface area (Å²) in [5, 5.41) is 19.9. The van der Waals surface area contributed by atoms with E-state index >= 15 is 0 Å². The number of aliphatic carboxylic acids is 1. The van der Waals surface area contributed by atoms with Gasteiger partial charge in [-0.1, -0.05) is 0 Å². The number of rotatable bonds is 5. The van der Waals surface area contributed by atoms with Gasteiger partial charge in [0, 0.05) is 26.2 Å². The van der Waals surface area contributed by atoms with E-state index in [2.05, 4.69) is 5.32 Å². The lowest BCUT2D eigenvalue weighted by atomic mass is 9.95. The minimum Gasteiger partial charge on any atom is -0.481 e. The fourth-order valence-corrected chi connectivity index (χ4v) is 2.06. The lowest BCUT2D eigenvalue weighted by Gasteiger charge is -2.32. The van der Waals surface area contributed by atoms with E-state index in [9.17, 15) is 9.59 Å². The molecule has 6 nitrogen and oxygen atoms in total. The Labute approximate surface area is 101 Å². The van der Waals surface area contributed by atoms with Crippen molar-refractivity contribution in [2.24, 2.45) is 5.92 Å². The largest absolute Gasteiger partial charge is 0.481 e. The average Bonchev–Trinajstić information content (AvgIpc) is 2.29. The molecule has 0 aromatic carbocycles. The Bertz CT molecular complexity index is 268. The number of hydrogen-bond acceptors (Lipinski definition) is 3. The Kier molecular flexibility index (Phi) is 5.76. The molecule has 1 aliphatic heterocycles. The number of carbonyl (C=O) groups is 2. The van der Waals surface area contributed by atoms with Crippen molar-refractivity contribution in [3.05, 3.63) is 0 Å². The fraction of sp³-hybridized carbons (Fsp3) is 0.818. The molecule has 98 valence electrons. The summed E-state index contributed by atoms with van der Waals surface area (Å²) >= 11 is 0. The van der Waals surface area contributed by atoms with Crippen LogP contribution in [0.2, 0.25) is 0 Å². The molecule has 1 unspecified atom stereocenters. The second-order valence-electron chi connectivity index (χ2n) is 4.34. The van der Waals surface area contributed by atoms with Gasteiger partial charge >= 0.3 is 12.0 Å². The van der Waals surface area contributed by atoms with Crippen molar-refractivity contribution in [3.63, 3.8) is 0 Å². The maximum Gasteiger partial charge on any atom is 0.317 e. The second-order valence-corrected chi connectivity index (χ2v) is 4.34. The van der Waals surface area contributed by atoms with Crippen LogP contribution >= 0.6 is 0 Å². The highest BCUT2D eigenvalue weighted by Gasteiger charge is 2.22. The van der Waals surface area contributed by atoms with Gasteiger partial charge in [-0.25, -0.2) is 4.79 Å². The predicted molar refractivity (Wildman–Crippen MR) is 61.7 cm³/mol. The summed E-state index contributed by atoms with van der Waals surface area (Å²) in [6, 6.07) is -0.200. The van der Waals surface area contributed by atoms with Gasteiger partial charge in [-0.2, -0.15) is 0 Å². The number of nitrogens with zero attached hydrogens (tertiary/aromatic N) is 1. The SMILES string of the molecule is O=C(O)CCNC(=O)N1CCCC(CCO)C1. The maximum absolute atomic E-state index is 11.7. The summed E-state index contributed by atoms with van der Waals surface area (Å²) in [5.74, 6) is -0.555. The fourth-order valence-electron chi connectivity index (χ4n) is 2.06. The number of nitrogens with one attached hydrogen (secondary N) is 1. The monoisotopic (exact) mass is 244 g/mol. The van der Waals surface area contributed by atoms with Crippen molar-refractivity contribution in [1.82, 2.24) is 10.2 Å². The number of aliphatic hydroxyl groups is 1. The van der Waals surface area contributed by atoms with Gasteiger partial charge in [-0.05, 0) is 25.2 Å². The molecule has 1 fully saturated rings. The molecule has 0 saturated carbocycles. The molecule has 1 aliphatic rings. The number of likely N-dealkylation sites (tertiary alicyclic amines) is 1. The Morgan fingerprint density at radius 3 is 2.82 bits per heavy atom. The quantitative estimate of drug-likeness (QED) is 0.647. The molecule has 0 aromatic heterocycles. The molecule has 1 atom stereocenters. The highest BCUT2D eigenvalue weighted by molar-refractivity contribution is 5.75. The first kappa shape index (κ1) is 13.8. The molecule has 1 rings (SSSR count). The summed E-state index contributed by atoms with van der Waals surface area (Å²) in [6.45, 7) is 1.68. The van der Waals surface area contributed by atoms with Gasteiger partial charge in [0.05, 0.1) is 6.42 Å². The molecule has 0 radical (unpaired) electrons. The van der Waals surface area contributed by atoms with Crippen molar-refractivity contribution in [2.45, 2.75) is 25.7 Å². The van der Waals surface area contributed by atoms with Gasteiger partial charge in [0.2, 0.25) is 0 Å². The number of carboxylic acid groups (broad SMARTS) is 1. The average molecular weight is 244 g/mol. The second kappa shape index (κ2) is 7.11. The molecule has 6 heteroatoms. The summed E-state index contributed by atoms with van der Waals surface area (Å²) in [5.41, 5.74) is 0. The predicted octanol–water partition coefficient (Wildman–Crippen LogP) is 0.265. The van der Waals surface area contributed by atoms with Crippen LogP contribution in [0.5, 0.6) is 0 Å². The summed E-state index contributed by atoms with van der Waals surface area (Å²) in [4.78, 5) is 23.7. The van der Waals surface area contributed by atoms with Gasteiger partial charge < -0.3 is 20.4 Å². The van der Waals surface area contributed by atoms with E-state index in [4.69, 9.17) is 10.2 Å². The van der Waals surface area contributed by atoms with Crippen LogP contribution in [0.15, 0.2) is 0 Å². The number of amides is 2. The third kappa shape index (κ3) is 5.04. The minimum atomic E-state index is -0.915. The summed E-state index contributed by atoms with van der Waals surface area (Å²) in [6.07, 6.45) is 2.65. The van der Waals surface area contributed by atoms with Gasteiger partial charge in [0.1, 0.15) is 0 Å². The van der Waals surface area contributed by atoms with Gasteiger partial charge in [0.25, 0.3) is 0 Å². The zero-order valence-corrected chi connectivity index (χ0v) is 9.89. The third-order valence-corrected chi connectivity index (χ3v) is 2.96. The Morgan fingerprint density at radius 2 is 2.18 bits per heavy atom. The van der Waals surface area contributed by atoms with Crippen LogP contribution in [0.4, 0.5) is 4.79 Å². The summed E-state index contributed by atoms with van der Waals surface area (Å²) < 4.78 is 0. The van der Waals surface area contributed by atoms with E-state index in [1.165, 1.54) is 0 Å². The lowest BCUT2D eigenvalue weighted by Crippen LogP contribution is -2.46. The minimum absolute atomic E-state index is 0.0559. The Balaban J connectivity index is 2.28. The first-order valence-electron chi connectivity index (χ1n) is 5.99. The van der Waals surface area contributed by atoms with Crippen LogP contribution in [0.25, 0.3) is 0 Å². The van der Waals surface area contributed by atoms with Crippen LogP contribution < -0.4 is 5.32 Å². The molecule has 0 aliphatic carbocycles. The van der Waals surface area contributed by atoms with E-state index in [0.29, 0.717) is 19.0 Å². The molecule has 1 heterocycles. The zero-order valence-electron chi connectivity index (χ0n) is 9.89. The third-order valence-electron chi connectivity index (χ3n) is 2.96. The molecular weight excluding hydrogens is 224 g/mol. The molecule has 2 amide bonds. The van der Waals surface area contributed by atoms with E-state index in [1.807, 2.05) is 0 Å². The van der Waals surface area contributed by atoms with Crippen molar-refractivity contribution in [3.8, 4) is 0 Å². The van der Waals surface area contributed by atoms with Crippen LogP contribution in [-0.4, -0.2) is 53.4 Å². The highest BCUT2D eigenvalue weighted by Crippen LogP contribution is 2.18. The van der Waals surface area contributed by atoms with E-state index in [-0.39, 0.29) is 25.6 Å². The normalized spacial score (nSPS) is 20.1. The van der Waals surface area contributed by atoms with Gasteiger partial charge in [-0.15, -0.1) is 0 Å². The summed E-state index contributed by atoms with van der Waals surface area (Å²) in [7, 11) is 0. The molecule has 17 heavy (non-hydrogen) atoms. The Morgan fingerprint density at radius 1 is 1.41 bits per heavy atom. The first-order chi connectivity index (χ1) is 8.13. The standard InChI is InChI=1S/C11H20N2O4/c14-7-4-9-2-1-6-13(8-9)11(17)12-5-3-10(15)16/h9,14H,1-8H2,(H,12,17)(H,15,16). The molecule has 1 saturated heterocycles. The Hall–Kier alpha value is -1.30. The number of carboxylic acids is 1. The van der Waals surface area contributed by atoms with Gasteiger partial charge in [0.15, 0.2) is 0 Å². The number of hydrogen-bond donors (Lipinski definition) is 3. The van der Waals surface area contributed by atoms with Crippen molar-refractivity contribution in [2.75, 3.05) is 26.2 Å². The first-order valence-corrected chi connectivity index (χ1v) is 5.99. The van der Waals surface area contributed by atoms with Crippen LogP contribution in [0.3, 0.4) is 0 Å². The highest BCUT2D eigenvalue weighted by atomic mass is 16.4. The van der Waals surface area contributed by atoms with Crippen LogP contribution in [-0.2, 0) is 4.79 Å². The van der Waals surface area contributed by atoms with E-state index < -0.39 is 5.97 Å². The number of urea groups is 1. The van der Waals surface area contributed by atoms with Crippen molar-refractivity contribution < 1.29 is 19.8 Å². The number of carbonyl (C=O) groups excluding carboxylic acids is 1. The molecule has 0 spiro atoms. The zero-order chi connectivity index (χ0) is 12.7. The van der Waals surface area contributed by atoms with Crippen LogP contribution in [0.1, 0.15) is 25.7 Å². The van der Waals surface area contributed by atoms with E-state index in [0.717, 1.165) is 19.3 Å². The van der Waals surface area contributed by atoms with Gasteiger partial charge in [-0.3, -0.25) is 4.79 Å². The molecule has 0 aromatic rings. The van der Waals surface area contributed by atoms with Crippen LogP contribution in [0, 0.1) is 5.92 Å². The number of aliphatic hydroxyl groups excluding tert-OH is 1. The molecule has 3 N–H and O–H groups in total. The number of piperidine rings is 1. The van der Waals surface area contributed by atoms with Crippen molar-refractivity contribution in [1.29, 1.82) is 0 Å². The van der Waals surface area contributed by atoms with E-state index in [1.54, 1.807) is 4.90 Å². The lowest BCUT2D eigenvalue weighted by molar-refractivity contribution is -0.136. The smallest absolute Gasteiger partial charge is 0.317 e. The molecular formula is C11H20N2O4. The maximum atomic E-state index is 11.7. The molecule has 0 bridgehead atoms. The van der Waals surface area contributed by atoms with Crippen molar-refractivity contribution >= 4 is 12.0 Å².